The second kappa shape index (κ2) is 5.78. The van der Waals surface area contributed by atoms with E-state index in [4.69, 9.17) is 0 Å². The zero-order valence-electron chi connectivity index (χ0n) is 12.9. The molecule has 24 heavy (non-hydrogen) atoms. The lowest BCUT2D eigenvalue weighted by molar-refractivity contribution is 0.387. The number of hydrogen-bond acceptors (Lipinski definition) is 5. The molecule has 2 aliphatic rings. The Labute approximate surface area is 140 Å². The van der Waals surface area contributed by atoms with E-state index in [2.05, 4.69) is 14.9 Å². The summed E-state index contributed by atoms with van der Waals surface area (Å²) in [5.41, 5.74) is 0. The normalized spacial score (nSPS) is 24.3. The van der Waals surface area contributed by atoms with Crippen LogP contribution < -0.4 is 4.90 Å². The Morgan fingerprint density at radius 2 is 1.79 bits per heavy atom. The Kier molecular flexibility index (Phi) is 3.73. The zero-order chi connectivity index (χ0) is 16.7. The van der Waals surface area contributed by atoms with E-state index in [1.54, 1.807) is 18.5 Å². The van der Waals surface area contributed by atoms with Gasteiger partial charge in [0.1, 0.15) is 5.82 Å². The van der Waals surface area contributed by atoms with Crippen LogP contribution in [0.25, 0.3) is 0 Å². The zero-order valence-corrected chi connectivity index (χ0v) is 13.7. The topological polar surface area (TPSA) is 66.4 Å². The Bertz CT molecular complexity index is 846. The smallest absolute Gasteiger partial charge is 0.243 e. The summed E-state index contributed by atoms with van der Waals surface area (Å²) in [4.78, 5) is 10.6. The number of sulfonamides is 1. The highest BCUT2D eigenvalue weighted by atomic mass is 32.2. The van der Waals surface area contributed by atoms with E-state index >= 15 is 0 Å². The SMILES string of the molecule is O=S(=O)(c1cccc(F)c1)N1CC[C@H]2[C@H]1CCN2c1ncccn1. The molecule has 2 atom stereocenters. The fraction of sp³-hybridized carbons (Fsp3) is 0.375. The molecule has 6 nitrogen and oxygen atoms in total. The maximum Gasteiger partial charge on any atom is 0.243 e. The Hall–Kier alpha value is -2.06. The summed E-state index contributed by atoms with van der Waals surface area (Å²) in [7, 11) is -3.70. The predicted octanol–water partition coefficient (Wildman–Crippen LogP) is 1.66. The Balaban J connectivity index is 1.62. The molecular formula is C16H17FN4O2S. The average Bonchev–Trinajstić information content (AvgIpc) is 3.17. The van der Waals surface area contributed by atoms with Gasteiger partial charge in [-0.3, -0.25) is 0 Å². The number of rotatable bonds is 3. The van der Waals surface area contributed by atoms with E-state index in [1.807, 2.05) is 0 Å². The first-order chi connectivity index (χ1) is 11.6. The molecule has 2 aromatic rings. The molecular weight excluding hydrogens is 331 g/mol. The fourth-order valence-electron chi connectivity index (χ4n) is 3.70. The largest absolute Gasteiger partial charge is 0.336 e. The van der Waals surface area contributed by atoms with Crippen LogP contribution in [-0.4, -0.2) is 47.9 Å². The van der Waals surface area contributed by atoms with Crippen LogP contribution in [0.1, 0.15) is 12.8 Å². The molecule has 1 aromatic carbocycles. The second-order valence-corrected chi connectivity index (χ2v) is 7.92. The van der Waals surface area contributed by atoms with Crippen LogP contribution in [0, 0.1) is 5.82 Å². The van der Waals surface area contributed by atoms with E-state index in [0.29, 0.717) is 19.0 Å². The maximum atomic E-state index is 13.4. The van der Waals surface area contributed by atoms with Crippen molar-refractivity contribution in [2.45, 2.75) is 29.8 Å². The van der Waals surface area contributed by atoms with Crippen molar-refractivity contribution in [2.24, 2.45) is 0 Å². The molecule has 0 aliphatic carbocycles. The van der Waals surface area contributed by atoms with Gasteiger partial charge in [-0.2, -0.15) is 4.31 Å². The molecule has 126 valence electrons. The standard InChI is InChI=1S/C16H17FN4O2S/c17-12-3-1-4-13(11-12)24(22,23)21-10-6-14-15(21)5-9-20(14)16-18-7-2-8-19-16/h1-4,7-8,11,14-15H,5-6,9-10H2/t14-,15+/m0/s1. The molecule has 0 bridgehead atoms. The third-order valence-electron chi connectivity index (χ3n) is 4.74. The minimum Gasteiger partial charge on any atom is -0.336 e. The first kappa shape index (κ1) is 15.5. The van der Waals surface area contributed by atoms with Gasteiger partial charge in [0.05, 0.1) is 4.90 Å². The number of nitrogens with zero attached hydrogens (tertiary/aromatic N) is 4. The molecule has 0 saturated carbocycles. The quantitative estimate of drug-likeness (QED) is 0.844. The first-order valence-corrected chi connectivity index (χ1v) is 9.32. The van der Waals surface area contributed by atoms with E-state index in [1.165, 1.54) is 22.5 Å². The number of anilines is 1. The van der Waals surface area contributed by atoms with Gasteiger partial charge in [0, 0.05) is 37.6 Å². The third kappa shape index (κ3) is 2.46. The molecule has 2 aliphatic heterocycles. The lowest BCUT2D eigenvalue weighted by Gasteiger charge is -2.25. The van der Waals surface area contributed by atoms with Crippen molar-refractivity contribution >= 4 is 16.0 Å². The summed E-state index contributed by atoms with van der Waals surface area (Å²) in [5, 5.41) is 0. The molecule has 1 aromatic heterocycles. The number of aromatic nitrogens is 2. The van der Waals surface area contributed by atoms with Gasteiger partial charge < -0.3 is 4.90 Å². The lowest BCUT2D eigenvalue weighted by Crippen LogP contribution is -2.40. The summed E-state index contributed by atoms with van der Waals surface area (Å²) in [6, 6.07) is 6.89. The van der Waals surface area contributed by atoms with E-state index in [-0.39, 0.29) is 17.0 Å². The monoisotopic (exact) mass is 348 g/mol. The predicted molar refractivity (Wildman–Crippen MR) is 86.5 cm³/mol. The van der Waals surface area contributed by atoms with Gasteiger partial charge in [-0.15, -0.1) is 0 Å². The molecule has 0 spiro atoms. The van der Waals surface area contributed by atoms with Crippen molar-refractivity contribution in [3.05, 3.63) is 48.5 Å². The highest BCUT2D eigenvalue weighted by Gasteiger charge is 2.48. The first-order valence-electron chi connectivity index (χ1n) is 7.88. The minimum atomic E-state index is -3.70. The van der Waals surface area contributed by atoms with Crippen LogP contribution in [0.4, 0.5) is 10.3 Å². The Morgan fingerprint density at radius 3 is 2.54 bits per heavy atom. The van der Waals surface area contributed by atoms with E-state index in [0.717, 1.165) is 18.9 Å². The number of hydrogen-bond donors (Lipinski definition) is 0. The maximum absolute atomic E-state index is 13.4. The van der Waals surface area contributed by atoms with Crippen molar-refractivity contribution < 1.29 is 12.8 Å². The molecule has 0 N–H and O–H groups in total. The highest BCUT2D eigenvalue weighted by molar-refractivity contribution is 7.89. The van der Waals surface area contributed by atoms with Gasteiger partial charge in [0.25, 0.3) is 0 Å². The number of halogens is 1. The molecule has 3 heterocycles. The van der Waals surface area contributed by atoms with Crippen LogP contribution in [-0.2, 0) is 10.0 Å². The van der Waals surface area contributed by atoms with Crippen molar-refractivity contribution in [1.29, 1.82) is 0 Å². The summed E-state index contributed by atoms with van der Waals surface area (Å²) in [6.07, 6.45) is 4.81. The highest BCUT2D eigenvalue weighted by Crippen LogP contribution is 2.36. The molecule has 2 saturated heterocycles. The molecule has 4 rings (SSSR count). The summed E-state index contributed by atoms with van der Waals surface area (Å²) in [6.45, 7) is 1.14. The van der Waals surface area contributed by atoms with Crippen molar-refractivity contribution in [3.63, 3.8) is 0 Å². The molecule has 8 heteroatoms. The van der Waals surface area contributed by atoms with Crippen molar-refractivity contribution in [3.8, 4) is 0 Å². The molecule has 0 radical (unpaired) electrons. The summed E-state index contributed by atoms with van der Waals surface area (Å²) >= 11 is 0. The van der Waals surface area contributed by atoms with Gasteiger partial charge in [0.2, 0.25) is 16.0 Å². The van der Waals surface area contributed by atoms with Crippen molar-refractivity contribution in [2.75, 3.05) is 18.0 Å². The van der Waals surface area contributed by atoms with Gasteiger partial charge >= 0.3 is 0 Å². The van der Waals surface area contributed by atoms with E-state index in [9.17, 15) is 12.8 Å². The van der Waals surface area contributed by atoms with Crippen LogP contribution in [0.3, 0.4) is 0 Å². The van der Waals surface area contributed by atoms with Crippen LogP contribution >= 0.6 is 0 Å². The third-order valence-corrected chi connectivity index (χ3v) is 6.66. The van der Waals surface area contributed by atoms with Crippen LogP contribution in [0.5, 0.6) is 0 Å². The number of fused-ring (bicyclic) bond motifs is 1. The van der Waals surface area contributed by atoms with Crippen LogP contribution in [0.2, 0.25) is 0 Å². The fourth-order valence-corrected chi connectivity index (χ4v) is 5.43. The average molecular weight is 348 g/mol. The minimum absolute atomic E-state index is 0.0116. The summed E-state index contributed by atoms with van der Waals surface area (Å²) < 4.78 is 40.7. The van der Waals surface area contributed by atoms with E-state index < -0.39 is 15.8 Å². The second-order valence-electron chi connectivity index (χ2n) is 6.03. The van der Waals surface area contributed by atoms with Gasteiger partial charge in [0.15, 0.2) is 0 Å². The van der Waals surface area contributed by atoms with Gasteiger partial charge in [-0.1, -0.05) is 6.07 Å². The Morgan fingerprint density at radius 1 is 1.04 bits per heavy atom. The number of benzene rings is 1. The molecule has 0 amide bonds. The van der Waals surface area contributed by atoms with Crippen molar-refractivity contribution in [1.82, 2.24) is 14.3 Å². The van der Waals surface area contributed by atoms with Gasteiger partial charge in [-0.25, -0.2) is 22.8 Å². The lowest BCUT2D eigenvalue weighted by atomic mass is 10.1. The van der Waals surface area contributed by atoms with Gasteiger partial charge in [-0.05, 0) is 37.1 Å². The van der Waals surface area contributed by atoms with Crippen LogP contribution in [0.15, 0.2) is 47.6 Å². The molecule has 0 unspecified atom stereocenters. The summed E-state index contributed by atoms with van der Waals surface area (Å²) in [5.74, 6) is 0.0903. The molecule has 2 fully saturated rings.